The molecule has 5 unspecified atom stereocenters. The van der Waals surface area contributed by atoms with E-state index in [1.54, 1.807) is 6.92 Å². The predicted molar refractivity (Wildman–Crippen MR) is 65.8 cm³/mol. The highest BCUT2D eigenvalue weighted by Gasteiger charge is 2.47. The van der Waals surface area contributed by atoms with Gasteiger partial charge >= 0.3 is 0 Å². The molecule has 0 bridgehead atoms. The van der Waals surface area contributed by atoms with E-state index >= 15 is 0 Å². The van der Waals surface area contributed by atoms with Crippen LogP contribution < -0.4 is 0 Å². The van der Waals surface area contributed by atoms with E-state index in [2.05, 4.69) is 0 Å². The normalized spacial score (nSPS) is 51.9. The first-order valence-corrected chi connectivity index (χ1v) is 6.80. The molecule has 2 saturated heterocycles. The first-order valence-electron chi connectivity index (χ1n) is 6.80. The zero-order valence-corrected chi connectivity index (χ0v) is 11.5. The second kappa shape index (κ2) is 6.82. The van der Waals surface area contributed by atoms with Crippen molar-refractivity contribution in [2.75, 3.05) is 13.2 Å². The lowest BCUT2D eigenvalue weighted by molar-refractivity contribution is -0.333. The zero-order chi connectivity index (χ0) is 15.7. The number of aliphatic hydroxyl groups excluding tert-OH is 6. The first kappa shape index (κ1) is 17.0. The molecule has 0 aromatic carbocycles. The number of ether oxygens (including phenoxy) is 3. The molecule has 0 saturated carbocycles. The third kappa shape index (κ3) is 3.36. The van der Waals surface area contributed by atoms with Crippen LogP contribution >= 0.6 is 0 Å². The van der Waals surface area contributed by atoms with Gasteiger partial charge in [-0.15, -0.1) is 0 Å². The minimum Gasteiger partial charge on any atom is -0.396 e. The summed E-state index contributed by atoms with van der Waals surface area (Å²) in [5, 5.41) is 57.7. The molecule has 9 heteroatoms. The highest BCUT2D eigenvalue weighted by molar-refractivity contribution is 4.90. The zero-order valence-electron chi connectivity index (χ0n) is 11.5. The van der Waals surface area contributed by atoms with E-state index in [4.69, 9.17) is 19.3 Å². The van der Waals surface area contributed by atoms with E-state index in [-0.39, 0.29) is 6.61 Å². The van der Waals surface area contributed by atoms with Gasteiger partial charge in [0.05, 0.1) is 31.3 Å². The van der Waals surface area contributed by atoms with Crippen LogP contribution in [0.2, 0.25) is 0 Å². The molecule has 2 rings (SSSR count). The molecule has 9 atom stereocenters. The summed E-state index contributed by atoms with van der Waals surface area (Å²) in [6.07, 6.45) is -9.68. The maximum absolute atomic E-state index is 10.1. The van der Waals surface area contributed by atoms with Crippen molar-refractivity contribution in [3.63, 3.8) is 0 Å². The van der Waals surface area contributed by atoms with Crippen LogP contribution in [-0.2, 0) is 14.2 Å². The first-order chi connectivity index (χ1) is 9.86. The summed E-state index contributed by atoms with van der Waals surface area (Å²) in [5.74, 6) is -0.956. The van der Waals surface area contributed by atoms with Gasteiger partial charge in [-0.25, -0.2) is 0 Å². The Morgan fingerprint density at radius 2 is 1.71 bits per heavy atom. The Bertz CT molecular complexity index is 341. The van der Waals surface area contributed by atoms with Crippen molar-refractivity contribution < 1.29 is 44.8 Å². The number of hydrogen-bond donors (Lipinski definition) is 6. The second-order valence-electron chi connectivity index (χ2n) is 5.42. The van der Waals surface area contributed by atoms with E-state index in [0.717, 1.165) is 0 Å². The molecular formula is C12H22O9. The standard InChI is InChI=1S/C12H22O9/c1-4-10(7(15)5(2-13)11(18)20-4)21-12-9(17)8(16)6(14)3-19-12/h4-18H,2-3H2,1H3/t4?,5?,6-,7?,8?,9?,10+,11-,12+/m1/s1. The highest BCUT2D eigenvalue weighted by atomic mass is 16.7. The van der Waals surface area contributed by atoms with Crippen LogP contribution in [0.3, 0.4) is 0 Å². The summed E-state index contributed by atoms with van der Waals surface area (Å²) < 4.78 is 15.7. The molecule has 0 spiro atoms. The predicted octanol–water partition coefficient (Wildman–Crippen LogP) is -3.48. The molecular weight excluding hydrogens is 288 g/mol. The van der Waals surface area contributed by atoms with Gasteiger partial charge in [-0.3, -0.25) is 0 Å². The molecule has 0 amide bonds. The fourth-order valence-corrected chi connectivity index (χ4v) is 2.53. The Morgan fingerprint density at radius 1 is 1.05 bits per heavy atom. The summed E-state index contributed by atoms with van der Waals surface area (Å²) in [6, 6.07) is 0. The van der Waals surface area contributed by atoms with Crippen molar-refractivity contribution in [2.45, 2.75) is 56.1 Å². The largest absolute Gasteiger partial charge is 0.396 e. The van der Waals surface area contributed by atoms with Gasteiger partial charge in [-0.05, 0) is 6.92 Å². The fraction of sp³-hybridized carbons (Fsp3) is 1.00. The summed E-state index contributed by atoms with van der Waals surface area (Å²) in [7, 11) is 0. The number of hydrogen-bond acceptors (Lipinski definition) is 9. The Balaban J connectivity index is 2.03. The van der Waals surface area contributed by atoms with Gasteiger partial charge < -0.3 is 44.8 Å². The number of aliphatic hydroxyl groups is 6. The number of rotatable bonds is 3. The lowest BCUT2D eigenvalue weighted by Gasteiger charge is -2.44. The van der Waals surface area contributed by atoms with Gasteiger partial charge in [0.25, 0.3) is 0 Å². The third-order valence-electron chi connectivity index (χ3n) is 3.91. The van der Waals surface area contributed by atoms with Crippen molar-refractivity contribution in [1.82, 2.24) is 0 Å². The Morgan fingerprint density at radius 3 is 2.33 bits per heavy atom. The summed E-state index contributed by atoms with van der Waals surface area (Å²) in [5.41, 5.74) is 0. The molecule has 124 valence electrons. The van der Waals surface area contributed by atoms with Gasteiger partial charge in [-0.2, -0.15) is 0 Å². The molecule has 2 aliphatic heterocycles. The smallest absolute Gasteiger partial charge is 0.186 e. The fourth-order valence-electron chi connectivity index (χ4n) is 2.53. The molecule has 21 heavy (non-hydrogen) atoms. The molecule has 9 nitrogen and oxygen atoms in total. The van der Waals surface area contributed by atoms with Crippen LogP contribution in [0.15, 0.2) is 0 Å². The molecule has 2 fully saturated rings. The molecule has 2 heterocycles. The summed E-state index contributed by atoms with van der Waals surface area (Å²) in [4.78, 5) is 0. The van der Waals surface area contributed by atoms with Gasteiger partial charge in [0.1, 0.15) is 24.4 Å². The van der Waals surface area contributed by atoms with Crippen LogP contribution in [0.5, 0.6) is 0 Å². The van der Waals surface area contributed by atoms with Crippen molar-refractivity contribution in [3.05, 3.63) is 0 Å². The van der Waals surface area contributed by atoms with Crippen LogP contribution in [0.25, 0.3) is 0 Å². The van der Waals surface area contributed by atoms with Crippen molar-refractivity contribution in [1.29, 1.82) is 0 Å². The average Bonchev–Trinajstić information content (AvgIpc) is 2.43. The molecule has 0 aromatic heterocycles. The average molecular weight is 310 g/mol. The van der Waals surface area contributed by atoms with Crippen molar-refractivity contribution in [2.24, 2.45) is 5.92 Å². The van der Waals surface area contributed by atoms with Crippen LogP contribution in [0.1, 0.15) is 6.92 Å². The van der Waals surface area contributed by atoms with E-state index in [1.165, 1.54) is 0 Å². The van der Waals surface area contributed by atoms with Gasteiger partial charge in [-0.1, -0.05) is 0 Å². The molecule has 0 aromatic rings. The van der Waals surface area contributed by atoms with E-state index < -0.39 is 61.7 Å². The molecule has 2 aliphatic rings. The lowest BCUT2D eigenvalue weighted by atomic mass is 9.91. The maximum atomic E-state index is 10.1. The topological polar surface area (TPSA) is 149 Å². The Hall–Kier alpha value is -0.360. The Kier molecular flexibility index (Phi) is 5.52. The Labute approximate surface area is 121 Å². The quantitative estimate of drug-likeness (QED) is 0.312. The second-order valence-corrected chi connectivity index (χ2v) is 5.42. The lowest BCUT2D eigenvalue weighted by Crippen LogP contribution is -2.60. The molecule has 6 N–H and O–H groups in total. The molecule has 0 aliphatic carbocycles. The van der Waals surface area contributed by atoms with Gasteiger partial charge in [0.2, 0.25) is 0 Å². The third-order valence-corrected chi connectivity index (χ3v) is 3.91. The van der Waals surface area contributed by atoms with E-state index in [1.807, 2.05) is 0 Å². The summed E-state index contributed by atoms with van der Waals surface area (Å²) >= 11 is 0. The van der Waals surface area contributed by atoms with Gasteiger partial charge in [0, 0.05) is 0 Å². The van der Waals surface area contributed by atoms with E-state index in [9.17, 15) is 25.5 Å². The van der Waals surface area contributed by atoms with Gasteiger partial charge in [0.15, 0.2) is 12.6 Å². The van der Waals surface area contributed by atoms with E-state index in [0.29, 0.717) is 0 Å². The van der Waals surface area contributed by atoms with Crippen molar-refractivity contribution >= 4 is 0 Å². The van der Waals surface area contributed by atoms with Crippen LogP contribution in [0.4, 0.5) is 0 Å². The molecule has 0 radical (unpaired) electrons. The van der Waals surface area contributed by atoms with Crippen molar-refractivity contribution in [3.8, 4) is 0 Å². The minimum absolute atomic E-state index is 0.229. The SMILES string of the molecule is CC1O[C@@H](O)C(CO)C(O)[C@H]1O[C@@H]1OC[C@@H](O)C(O)C1O. The minimum atomic E-state index is -1.49. The highest BCUT2D eigenvalue weighted by Crippen LogP contribution is 2.29. The van der Waals surface area contributed by atoms with Crippen LogP contribution in [0, 0.1) is 5.92 Å². The monoisotopic (exact) mass is 310 g/mol. The summed E-state index contributed by atoms with van der Waals surface area (Å²) in [6.45, 7) is 0.808. The van der Waals surface area contributed by atoms with Crippen LogP contribution in [-0.4, -0.2) is 93.1 Å². The maximum Gasteiger partial charge on any atom is 0.186 e.